The van der Waals surface area contributed by atoms with E-state index in [0.29, 0.717) is 35.2 Å². The summed E-state index contributed by atoms with van der Waals surface area (Å²) in [4.78, 5) is 11.7. The number of hydrogen-bond donors (Lipinski definition) is 1. The Balaban J connectivity index is 1.68. The van der Waals surface area contributed by atoms with Gasteiger partial charge in [-0.25, -0.2) is 5.43 Å². The van der Waals surface area contributed by atoms with Crippen LogP contribution in [0.1, 0.15) is 18.4 Å². The van der Waals surface area contributed by atoms with E-state index in [4.69, 9.17) is 27.9 Å². The van der Waals surface area contributed by atoms with Crippen molar-refractivity contribution in [2.24, 2.45) is 5.10 Å². The van der Waals surface area contributed by atoms with Crippen molar-refractivity contribution in [1.29, 1.82) is 0 Å². The average molecular weight is 430 g/mol. The fourth-order valence-corrected chi connectivity index (χ4v) is 2.71. The van der Waals surface area contributed by atoms with Gasteiger partial charge in [0.25, 0.3) is 0 Å². The molecule has 0 aliphatic carbocycles. The summed E-state index contributed by atoms with van der Waals surface area (Å²) in [6.45, 7) is 0.379. The number of hydrazone groups is 1. The topological polar surface area (TPSA) is 50.7 Å². The van der Waals surface area contributed by atoms with Crippen molar-refractivity contribution in [3.63, 3.8) is 0 Å². The lowest BCUT2D eigenvalue weighted by atomic mass is 10.2. The molecule has 2 aromatic carbocycles. The minimum absolute atomic E-state index is 0.174. The first-order chi connectivity index (χ1) is 11.5. The maximum Gasteiger partial charge on any atom is 0.240 e. The second kappa shape index (κ2) is 9.67. The first-order valence-corrected chi connectivity index (χ1v) is 8.75. The zero-order valence-electron chi connectivity index (χ0n) is 12.6. The molecular formula is C17H15BrCl2N2O2. The van der Waals surface area contributed by atoms with Crippen LogP contribution in [0.5, 0.6) is 5.75 Å². The molecule has 1 N–H and O–H groups in total. The van der Waals surface area contributed by atoms with Crippen LogP contribution in [-0.2, 0) is 4.79 Å². The van der Waals surface area contributed by atoms with Gasteiger partial charge in [-0.15, -0.1) is 0 Å². The molecule has 4 nitrogen and oxygen atoms in total. The van der Waals surface area contributed by atoms with Crippen molar-refractivity contribution in [3.05, 3.63) is 62.5 Å². The van der Waals surface area contributed by atoms with Crippen molar-refractivity contribution in [2.75, 3.05) is 6.61 Å². The van der Waals surface area contributed by atoms with E-state index in [2.05, 4.69) is 26.5 Å². The second-order valence-electron chi connectivity index (χ2n) is 4.87. The highest BCUT2D eigenvalue weighted by Crippen LogP contribution is 2.27. The summed E-state index contributed by atoms with van der Waals surface area (Å²) in [6, 6.07) is 12.6. The van der Waals surface area contributed by atoms with E-state index in [1.165, 1.54) is 0 Å². The van der Waals surface area contributed by atoms with Gasteiger partial charge in [-0.2, -0.15) is 5.10 Å². The number of nitrogens with zero attached hydrogens (tertiary/aromatic N) is 1. The zero-order valence-corrected chi connectivity index (χ0v) is 15.7. The van der Waals surface area contributed by atoms with Crippen LogP contribution in [0.3, 0.4) is 0 Å². The molecule has 0 aliphatic rings. The molecule has 0 unspecified atom stereocenters. The number of ether oxygens (including phenoxy) is 1. The number of amides is 1. The Morgan fingerprint density at radius 2 is 2.08 bits per heavy atom. The van der Waals surface area contributed by atoms with Gasteiger partial charge in [0.05, 0.1) is 17.8 Å². The summed E-state index contributed by atoms with van der Waals surface area (Å²) in [5.74, 6) is 0.376. The van der Waals surface area contributed by atoms with E-state index >= 15 is 0 Å². The number of carbonyl (C=O) groups is 1. The van der Waals surface area contributed by atoms with E-state index in [-0.39, 0.29) is 5.91 Å². The average Bonchev–Trinajstić information content (AvgIpc) is 2.53. The van der Waals surface area contributed by atoms with Gasteiger partial charge in [0.15, 0.2) is 0 Å². The highest BCUT2D eigenvalue weighted by atomic mass is 79.9. The highest BCUT2D eigenvalue weighted by Gasteiger charge is 2.04. The molecule has 0 spiro atoms. The molecular weight excluding hydrogens is 415 g/mol. The number of benzene rings is 2. The summed E-state index contributed by atoms with van der Waals surface area (Å²) in [5.41, 5.74) is 3.38. The van der Waals surface area contributed by atoms with Crippen LogP contribution >= 0.6 is 39.1 Å². The summed E-state index contributed by atoms with van der Waals surface area (Å²) in [5, 5.41) is 4.92. The van der Waals surface area contributed by atoms with Crippen molar-refractivity contribution in [3.8, 4) is 5.75 Å². The Bertz CT molecular complexity index is 738. The van der Waals surface area contributed by atoms with Gasteiger partial charge in [-0.1, -0.05) is 51.3 Å². The van der Waals surface area contributed by atoms with Gasteiger partial charge in [-0.3, -0.25) is 4.79 Å². The van der Waals surface area contributed by atoms with Crippen molar-refractivity contribution in [1.82, 2.24) is 5.43 Å². The third-order valence-electron chi connectivity index (χ3n) is 2.95. The van der Waals surface area contributed by atoms with Crippen LogP contribution < -0.4 is 10.2 Å². The highest BCUT2D eigenvalue weighted by molar-refractivity contribution is 9.10. The van der Waals surface area contributed by atoms with Crippen molar-refractivity contribution >= 4 is 51.3 Å². The van der Waals surface area contributed by atoms with Gasteiger partial charge >= 0.3 is 0 Å². The molecule has 2 rings (SSSR count). The third kappa shape index (κ3) is 6.51. The molecule has 24 heavy (non-hydrogen) atoms. The quantitative estimate of drug-likeness (QED) is 0.379. The van der Waals surface area contributed by atoms with Crippen molar-refractivity contribution in [2.45, 2.75) is 12.8 Å². The molecule has 126 valence electrons. The number of hydrogen-bond acceptors (Lipinski definition) is 3. The lowest BCUT2D eigenvalue weighted by molar-refractivity contribution is -0.121. The van der Waals surface area contributed by atoms with Gasteiger partial charge < -0.3 is 4.74 Å². The Morgan fingerprint density at radius 1 is 1.25 bits per heavy atom. The van der Waals surface area contributed by atoms with E-state index in [0.717, 1.165) is 10.0 Å². The smallest absolute Gasteiger partial charge is 0.240 e. The van der Waals surface area contributed by atoms with Crippen LogP contribution in [0.15, 0.2) is 52.0 Å². The maximum atomic E-state index is 11.7. The number of rotatable bonds is 7. The van der Waals surface area contributed by atoms with E-state index in [9.17, 15) is 4.79 Å². The molecule has 7 heteroatoms. The van der Waals surface area contributed by atoms with E-state index < -0.39 is 0 Å². The minimum Gasteiger partial charge on any atom is -0.492 e. The standard InChI is InChI=1S/C17H15BrCl2N2O2/c18-13-4-1-3-12(9-13)11-21-22-17(23)5-2-8-24-16-7-6-14(19)10-15(16)20/h1,3-4,6-7,9-11H,2,5,8H2,(H,22,23). The zero-order chi connectivity index (χ0) is 17.4. The summed E-state index contributed by atoms with van der Waals surface area (Å²) < 4.78 is 6.47. The molecule has 0 radical (unpaired) electrons. The number of halogens is 3. The summed E-state index contributed by atoms with van der Waals surface area (Å²) in [6.07, 6.45) is 2.45. The monoisotopic (exact) mass is 428 g/mol. The SMILES string of the molecule is O=C(CCCOc1ccc(Cl)cc1Cl)NN=Cc1cccc(Br)c1. The summed E-state index contributed by atoms with van der Waals surface area (Å²) >= 11 is 15.2. The molecule has 0 bridgehead atoms. The molecule has 0 aromatic heterocycles. The minimum atomic E-state index is -0.174. The normalized spacial score (nSPS) is 10.8. The molecule has 0 saturated heterocycles. The Morgan fingerprint density at radius 3 is 2.83 bits per heavy atom. The Labute approximate surface area is 158 Å². The van der Waals surface area contributed by atoms with Crippen LogP contribution in [0.25, 0.3) is 0 Å². The predicted octanol–water partition coefficient (Wildman–Crippen LogP) is 5.07. The van der Waals surface area contributed by atoms with Crippen LogP contribution in [0.2, 0.25) is 10.0 Å². The number of nitrogens with one attached hydrogen (secondary N) is 1. The largest absolute Gasteiger partial charge is 0.492 e. The molecule has 0 heterocycles. The number of carbonyl (C=O) groups excluding carboxylic acids is 1. The van der Waals surface area contributed by atoms with E-state index in [1.807, 2.05) is 24.3 Å². The third-order valence-corrected chi connectivity index (χ3v) is 3.97. The summed E-state index contributed by atoms with van der Waals surface area (Å²) in [7, 11) is 0. The van der Waals surface area contributed by atoms with Crippen LogP contribution in [0.4, 0.5) is 0 Å². The van der Waals surface area contributed by atoms with Crippen LogP contribution in [0, 0.1) is 0 Å². The van der Waals surface area contributed by atoms with Gasteiger partial charge in [0.2, 0.25) is 5.91 Å². The lowest BCUT2D eigenvalue weighted by Gasteiger charge is -2.07. The predicted molar refractivity (Wildman–Crippen MR) is 101 cm³/mol. The van der Waals surface area contributed by atoms with Crippen molar-refractivity contribution < 1.29 is 9.53 Å². The molecule has 0 atom stereocenters. The van der Waals surface area contributed by atoms with Gasteiger partial charge in [-0.05, 0) is 42.3 Å². The molecule has 0 aliphatic heterocycles. The lowest BCUT2D eigenvalue weighted by Crippen LogP contribution is -2.18. The Hall–Kier alpha value is -1.56. The Kier molecular flexibility index (Phi) is 7.56. The fraction of sp³-hybridized carbons (Fsp3) is 0.176. The maximum absolute atomic E-state index is 11.7. The molecule has 2 aromatic rings. The van der Waals surface area contributed by atoms with Crippen LogP contribution in [-0.4, -0.2) is 18.7 Å². The second-order valence-corrected chi connectivity index (χ2v) is 6.63. The van der Waals surface area contributed by atoms with Gasteiger partial charge in [0, 0.05) is 15.9 Å². The fourth-order valence-electron chi connectivity index (χ4n) is 1.83. The van der Waals surface area contributed by atoms with Gasteiger partial charge in [0.1, 0.15) is 5.75 Å². The first kappa shape index (κ1) is 18.8. The first-order valence-electron chi connectivity index (χ1n) is 7.20. The van der Waals surface area contributed by atoms with E-state index in [1.54, 1.807) is 24.4 Å². The molecule has 0 saturated carbocycles. The molecule has 1 amide bonds. The molecule has 0 fully saturated rings.